The minimum atomic E-state index is -0.721. The van der Waals surface area contributed by atoms with Crippen LogP contribution in [-0.4, -0.2) is 35.5 Å². The van der Waals surface area contributed by atoms with Crippen LogP contribution in [0.15, 0.2) is 36.4 Å². The molecule has 4 nitrogen and oxygen atoms in total. The quantitative estimate of drug-likeness (QED) is 0.695. The third-order valence-corrected chi connectivity index (χ3v) is 7.09. The fraction of sp³-hybridized carbons (Fsp3) is 0.423. The predicted octanol–water partition coefficient (Wildman–Crippen LogP) is 4.36. The van der Waals surface area contributed by atoms with Crippen molar-refractivity contribution in [2.45, 2.75) is 45.4 Å². The van der Waals surface area contributed by atoms with Crippen LogP contribution in [0.2, 0.25) is 0 Å². The molecule has 2 aliphatic carbocycles. The largest absolute Gasteiger partial charge is 0.341 e. The first kappa shape index (κ1) is 20.1. The molecule has 0 unspecified atom stereocenters. The number of carbonyl (C=O) groups is 3. The van der Waals surface area contributed by atoms with Crippen LogP contribution in [0.4, 0.5) is 4.39 Å². The van der Waals surface area contributed by atoms with Crippen LogP contribution in [0, 0.1) is 31.0 Å². The standard InChI is InChI=1S/C26H26FNO3/c1-15-9-19(17-5-7-20(27)8-6-17)10-16(2)23(15)24-21(29)11-26(12-22(24)30)13-28(14-26)25(31)18-3-4-18/h5-10,18,24H,3-4,11-14H2,1-2H3. The van der Waals surface area contributed by atoms with E-state index in [0.29, 0.717) is 25.9 Å². The van der Waals surface area contributed by atoms with Crippen LogP contribution in [0.5, 0.6) is 0 Å². The molecule has 2 aromatic rings. The van der Waals surface area contributed by atoms with Crippen LogP contribution < -0.4 is 0 Å². The molecule has 0 bridgehead atoms. The number of rotatable bonds is 3. The van der Waals surface area contributed by atoms with Gasteiger partial charge in [-0.25, -0.2) is 4.39 Å². The van der Waals surface area contributed by atoms with E-state index in [1.807, 2.05) is 30.9 Å². The highest BCUT2D eigenvalue weighted by molar-refractivity contribution is 6.11. The molecule has 0 N–H and O–H groups in total. The fourth-order valence-corrected chi connectivity index (χ4v) is 5.48. The van der Waals surface area contributed by atoms with E-state index in [0.717, 1.165) is 40.7 Å². The lowest BCUT2D eigenvalue weighted by molar-refractivity contribution is -0.155. The maximum atomic E-state index is 13.3. The van der Waals surface area contributed by atoms with Crippen molar-refractivity contribution in [2.24, 2.45) is 11.3 Å². The van der Waals surface area contributed by atoms with Crippen molar-refractivity contribution in [3.63, 3.8) is 0 Å². The average molecular weight is 419 g/mol. The average Bonchev–Trinajstić information content (AvgIpc) is 3.52. The summed E-state index contributed by atoms with van der Waals surface area (Å²) in [5.74, 6) is -0.706. The number of amides is 1. The van der Waals surface area contributed by atoms with E-state index >= 15 is 0 Å². The highest BCUT2D eigenvalue weighted by atomic mass is 19.1. The molecule has 3 fully saturated rings. The van der Waals surface area contributed by atoms with E-state index < -0.39 is 5.92 Å². The lowest BCUT2D eigenvalue weighted by Gasteiger charge is -2.52. The summed E-state index contributed by atoms with van der Waals surface area (Å²) in [4.78, 5) is 40.4. The number of benzene rings is 2. The van der Waals surface area contributed by atoms with E-state index in [1.165, 1.54) is 12.1 Å². The van der Waals surface area contributed by atoms with Gasteiger partial charge in [-0.15, -0.1) is 0 Å². The van der Waals surface area contributed by atoms with Crippen molar-refractivity contribution in [2.75, 3.05) is 13.1 Å². The van der Waals surface area contributed by atoms with E-state index in [1.54, 1.807) is 12.1 Å². The van der Waals surface area contributed by atoms with Gasteiger partial charge in [0.1, 0.15) is 23.3 Å². The highest BCUT2D eigenvalue weighted by Crippen LogP contribution is 2.47. The lowest BCUT2D eigenvalue weighted by atomic mass is 9.63. The van der Waals surface area contributed by atoms with Gasteiger partial charge in [-0.2, -0.15) is 0 Å². The van der Waals surface area contributed by atoms with Crippen molar-refractivity contribution in [1.82, 2.24) is 4.90 Å². The predicted molar refractivity (Wildman–Crippen MR) is 115 cm³/mol. The van der Waals surface area contributed by atoms with Gasteiger partial charge < -0.3 is 4.90 Å². The second-order valence-electron chi connectivity index (χ2n) is 9.72. The topological polar surface area (TPSA) is 54.5 Å². The molecule has 1 heterocycles. The Morgan fingerprint density at radius 3 is 2.00 bits per heavy atom. The maximum absolute atomic E-state index is 13.3. The minimum absolute atomic E-state index is 0.0319. The van der Waals surface area contributed by atoms with Gasteiger partial charge in [0.15, 0.2) is 0 Å². The van der Waals surface area contributed by atoms with Crippen LogP contribution >= 0.6 is 0 Å². The molecule has 1 amide bonds. The molecule has 0 atom stereocenters. The Morgan fingerprint density at radius 1 is 0.935 bits per heavy atom. The molecule has 3 aliphatic rings. The zero-order valence-electron chi connectivity index (χ0n) is 17.9. The Hall–Kier alpha value is -2.82. The summed E-state index contributed by atoms with van der Waals surface area (Å²) in [5.41, 5.74) is 4.10. The summed E-state index contributed by atoms with van der Waals surface area (Å²) >= 11 is 0. The summed E-state index contributed by atoms with van der Waals surface area (Å²) in [5, 5.41) is 0. The summed E-state index contributed by atoms with van der Waals surface area (Å²) in [7, 11) is 0. The molecular weight excluding hydrogens is 393 g/mol. The van der Waals surface area contributed by atoms with E-state index in [-0.39, 0.29) is 34.6 Å². The van der Waals surface area contributed by atoms with Gasteiger partial charge in [0, 0.05) is 37.3 Å². The number of carbonyl (C=O) groups excluding carboxylic acids is 3. The summed E-state index contributed by atoms with van der Waals surface area (Å²) in [6, 6.07) is 10.3. The molecule has 2 aromatic carbocycles. The lowest BCUT2D eigenvalue weighted by Crippen LogP contribution is -2.62. The molecule has 1 spiro atoms. The van der Waals surface area contributed by atoms with Crippen molar-refractivity contribution in [3.8, 4) is 11.1 Å². The Balaban J connectivity index is 1.37. The number of hydrogen-bond donors (Lipinski definition) is 0. The molecule has 160 valence electrons. The molecule has 31 heavy (non-hydrogen) atoms. The SMILES string of the molecule is Cc1cc(-c2ccc(F)cc2)cc(C)c1C1C(=O)CC2(CC1=O)CN(C(=O)C1CC1)C2. The highest BCUT2D eigenvalue weighted by Gasteiger charge is 2.54. The second kappa shape index (κ2) is 7.11. The van der Waals surface area contributed by atoms with Crippen LogP contribution in [0.3, 0.4) is 0 Å². The normalized spacial score (nSPS) is 20.8. The van der Waals surface area contributed by atoms with Crippen LogP contribution in [0.1, 0.15) is 48.3 Å². The van der Waals surface area contributed by atoms with Gasteiger partial charge >= 0.3 is 0 Å². The third-order valence-electron chi connectivity index (χ3n) is 7.09. The monoisotopic (exact) mass is 419 g/mol. The molecule has 0 aromatic heterocycles. The molecule has 0 radical (unpaired) electrons. The Morgan fingerprint density at radius 2 is 1.48 bits per heavy atom. The van der Waals surface area contributed by atoms with Crippen molar-refractivity contribution in [3.05, 3.63) is 58.9 Å². The molecule has 1 saturated heterocycles. The summed E-state index contributed by atoms with van der Waals surface area (Å²) in [6.07, 6.45) is 2.65. The summed E-state index contributed by atoms with van der Waals surface area (Å²) in [6.45, 7) is 4.93. The van der Waals surface area contributed by atoms with Gasteiger partial charge in [-0.1, -0.05) is 24.3 Å². The van der Waals surface area contributed by atoms with Crippen molar-refractivity contribution in [1.29, 1.82) is 0 Å². The summed E-state index contributed by atoms with van der Waals surface area (Å²) < 4.78 is 13.3. The zero-order chi connectivity index (χ0) is 21.9. The van der Waals surface area contributed by atoms with Crippen molar-refractivity contribution >= 4 is 17.5 Å². The number of ketones is 2. The maximum Gasteiger partial charge on any atom is 0.225 e. The van der Waals surface area contributed by atoms with E-state index in [2.05, 4.69) is 0 Å². The second-order valence-corrected chi connectivity index (χ2v) is 9.72. The molecule has 1 aliphatic heterocycles. The minimum Gasteiger partial charge on any atom is -0.341 e. The molecule has 5 rings (SSSR count). The third kappa shape index (κ3) is 3.50. The number of Topliss-reactive ketones (excluding diaryl/α,β-unsaturated/α-hetero) is 2. The van der Waals surface area contributed by atoms with Crippen LogP contribution in [0.25, 0.3) is 11.1 Å². The van der Waals surface area contributed by atoms with Crippen molar-refractivity contribution < 1.29 is 18.8 Å². The first-order valence-electron chi connectivity index (χ1n) is 11.0. The number of hydrogen-bond acceptors (Lipinski definition) is 3. The Bertz CT molecular complexity index is 1050. The van der Waals surface area contributed by atoms with Gasteiger partial charge in [0.25, 0.3) is 0 Å². The first-order chi connectivity index (χ1) is 14.8. The Labute approximate surface area is 181 Å². The number of nitrogens with zero attached hydrogens (tertiary/aromatic N) is 1. The molecule has 2 saturated carbocycles. The van der Waals surface area contributed by atoms with Gasteiger partial charge in [0.05, 0.1) is 0 Å². The molecule has 5 heteroatoms. The number of likely N-dealkylation sites (tertiary alicyclic amines) is 1. The number of halogens is 1. The zero-order valence-corrected chi connectivity index (χ0v) is 17.9. The fourth-order valence-electron chi connectivity index (χ4n) is 5.48. The van der Waals surface area contributed by atoms with E-state index in [4.69, 9.17) is 0 Å². The molecular formula is C26H26FNO3. The first-order valence-corrected chi connectivity index (χ1v) is 11.0. The van der Waals surface area contributed by atoms with Gasteiger partial charge in [0.2, 0.25) is 5.91 Å². The van der Waals surface area contributed by atoms with E-state index in [9.17, 15) is 18.8 Å². The Kier molecular flexibility index (Phi) is 4.61. The number of aryl methyl sites for hydroxylation is 2. The van der Waals surface area contributed by atoms with Gasteiger partial charge in [-0.05, 0) is 66.6 Å². The van der Waals surface area contributed by atoms with Gasteiger partial charge in [-0.3, -0.25) is 14.4 Å². The van der Waals surface area contributed by atoms with Crippen LogP contribution in [-0.2, 0) is 14.4 Å². The smallest absolute Gasteiger partial charge is 0.225 e.